The lowest BCUT2D eigenvalue weighted by molar-refractivity contribution is -0.112. The topological polar surface area (TPSA) is 82.3 Å². The Balaban J connectivity index is 2.26. The largest absolute Gasteiger partial charge is 0.504 e. The van der Waals surface area contributed by atoms with Gasteiger partial charge in [0.1, 0.15) is 11.6 Å². The Morgan fingerprint density at radius 2 is 2.12 bits per heavy atom. The summed E-state index contributed by atoms with van der Waals surface area (Å²) in [6.07, 6.45) is 1.41. The molecule has 0 fully saturated rings. The van der Waals surface area contributed by atoms with Gasteiger partial charge >= 0.3 is 0 Å². The zero-order valence-corrected chi connectivity index (χ0v) is 13.7. The minimum Gasteiger partial charge on any atom is -0.504 e. The van der Waals surface area contributed by atoms with E-state index in [1.165, 1.54) is 12.1 Å². The van der Waals surface area contributed by atoms with Crippen LogP contribution in [0.1, 0.15) is 12.5 Å². The highest BCUT2D eigenvalue weighted by atomic mass is 35.5. The minimum absolute atomic E-state index is 0.00646. The highest BCUT2D eigenvalue weighted by molar-refractivity contribution is 6.34. The molecule has 0 heterocycles. The van der Waals surface area contributed by atoms with Gasteiger partial charge in [-0.3, -0.25) is 4.79 Å². The molecule has 0 saturated heterocycles. The van der Waals surface area contributed by atoms with Gasteiger partial charge in [-0.1, -0.05) is 29.8 Å². The van der Waals surface area contributed by atoms with Crippen LogP contribution in [0.5, 0.6) is 11.5 Å². The van der Waals surface area contributed by atoms with Crippen molar-refractivity contribution < 1.29 is 14.6 Å². The third-order valence-electron chi connectivity index (χ3n) is 3.08. The summed E-state index contributed by atoms with van der Waals surface area (Å²) in [7, 11) is 0. The summed E-state index contributed by atoms with van der Waals surface area (Å²) >= 11 is 5.99. The smallest absolute Gasteiger partial charge is 0.266 e. The fourth-order valence-corrected chi connectivity index (χ4v) is 2.14. The van der Waals surface area contributed by atoms with Crippen LogP contribution in [-0.2, 0) is 4.79 Å². The molecule has 0 aliphatic rings. The maximum absolute atomic E-state index is 12.2. The minimum atomic E-state index is -0.573. The van der Waals surface area contributed by atoms with Crippen molar-refractivity contribution in [3.8, 4) is 17.6 Å². The number of anilines is 1. The van der Waals surface area contributed by atoms with E-state index in [1.807, 2.05) is 6.07 Å². The van der Waals surface area contributed by atoms with Crippen LogP contribution in [0.2, 0.25) is 5.02 Å². The van der Waals surface area contributed by atoms with E-state index in [0.29, 0.717) is 22.9 Å². The lowest BCUT2D eigenvalue weighted by Crippen LogP contribution is -2.13. The Kier molecular flexibility index (Phi) is 5.83. The van der Waals surface area contributed by atoms with Crippen molar-refractivity contribution in [1.82, 2.24) is 0 Å². The molecule has 0 saturated carbocycles. The predicted molar refractivity (Wildman–Crippen MR) is 92.9 cm³/mol. The molecule has 0 radical (unpaired) electrons. The monoisotopic (exact) mass is 342 g/mol. The molecular weight excluding hydrogens is 328 g/mol. The Labute approximate surface area is 144 Å². The molecule has 0 atom stereocenters. The van der Waals surface area contributed by atoms with Gasteiger partial charge < -0.3 is 15.2 Å². The van der Waals surface area contributed by atoms with Gasteiger partial charge in [0.25, 0.3) is 5.91 Å². The molecule has 2 aromatic rings. The summed E-state index contributed by atoms with van der Waals surface area (Å²) in [5.74, 6) is -0.292. The standard InChI is InChI=1S/C18H15ClN2O3/c1-2-24-17-10-12(7-8-16(17)22)9-13(11-20)18(23)21-15-6-4-3-5-14(15)19/h3-10,22H,2H2,1H3,(H,21,23)/b13-9+. The molecule has 2 aromatic carbocycles. The molecule has 5 nitrogen and oxygen atoms in total. The first-order chi connectivity index (χ1) is 11.5. The molecule has 0 aromatic heterocycles. The van der Waals surface area contributed by atoms with E-state index in [9.17, 15) is 15.2 Å². The molecule has 24 heavy (non-hydrogen) atoms. The fourth-order valence-electron chi connectivity index (χ4n) is 1.96. The SMILES string of the molecule is CCOc1cc(/C=C(\C#N)C(=O)Nc2ccccc2Cl)ccc1O. The van der Waals surface area contributed by atoms with Gasteiger partial charge in [0.15, 0.2) is 11.5 Å². The zero-order chi connectivity index (χ0) is 17.5. The summed E-state index contributed by atoms with van der Waals surface area (Å²) in [4.78, 5) is 12.2. The van der Waals surface area contributed by atoms with E-state index in [0.717, 1.165) is 0 Å². The normalized spacial score (nSPS) is 10.8. The van der Waals surface area contributed by atoms with E-state index in [2.05, 4.69) is 5.32 Å². The highest BCUT2D eigenvalue weighted by Crippen LogP contribution is 2.28. The third kappa shape index (κ3) is 4.28. The molecule has 1 amide bonds. The molecule has 122 valence electrons. The summed E-state index contributed by atoms with van der Waals surface area (Å²) in [6, 6.07) is 13.2. The van der Waals surface area contributed by atoms with Crippen LogP contribution < -0.4 is 10.1 Å². The van der Waals surface area contributed by atoms with Crippen molar-refractivity contribution in [1.29, 1.82) is 5.26 Å². The number of phenolic OH excluding ortho intramolecular Hbond substituents is 1. The van der Waals surface area contributed by atoms with Gasteiger partial charge in [-0.25, -0.2) is 0 Å². The maximum Gasteiger partial charge on any atom is 0.266 e. The Morgan fingerprint density at radius 3 is 2.79 bits per heavy atom. The van der Waals surface area contributed by atoms with Gasteiger partial charge in [-0.2, -0.15) is 5.26 Å². The van der Waals surface area contributed by atoms with Gasteiger partial charge in [-0.15, -0.1) is 0 Å². The van der Waals surface area contributed by atoms with Crippen LogP contribution in [0, 0.1) is 11.3 Å². The number of nitriles is 1. The fraction of sp³-hybridized carbons (Fsp3) is 0.111. The molecule has 0 aliphatic carbocycles. The van der Waals surface area contributed by atoms with Crippen LogP contribution >= 0.6 is 11.6 Å². The number of phenols is 1. The van der Waals surface area contributed by atoms with E-state index in [1.54, 1.807) is 43.3 Å². The predicted octanol–water partition coefficient (Wildman–Crippen LogP) is 3.99. The van der Waals surface area contributed by atoms with E-state index in [-0.39, 0.29) is 17.1 Å². The number of ether oxygens (including phenoxy) is 1. The highest BCUT2D eigenvalue weighted by Gasteiger charge is 2.12. The second kappa shape index (κ2) is 8.04. The first-order valence-electron chi connectivity index (χ1n) is 7.18. The first kappa shape index (κ1) is 17.4. The maximum atomic E-state index is 12.2. The van der Waals surface area contributed by atoms with Gasteiger partial charge in [0, 0.05) is 0 Å². The van der Waals surface area contributed by atoms with Crippen LogP contribution in [0.4, 0.5) is 5.69 Å². The Bertz CT molecular complexity index is 825. The molecule has 0 spiro atoms. The number of carbonyl (C=O) groups excluding carboxylic acids is 1. The summed E-state index contributed by atoms with van der Waals surface area (Å²) < 4.78 is 5.28. The number of aromatic hydroxyl groups is 1. The third-order valence-corrected chi connectivity index (χ3v) is 3.41. The van der Waals surface area contributed by atoms with Crippen LogP contribution in [-0.4, -0.2) is 17.6 Å². The van der Waals surface area contributed by atoms with Gasteiger partial charge in [-0.05, 0) is 42.8 Å². The van der Waals surface area contributed by atoms with Gasteiger partial charge in [0.2, 0.25) is 0 Å². The lowest BCUT2D eigenvalue weighted by atomic mass is 10.1. The van der Waals surface area contributed by atoms with Crippen molar-refractivity contribution in [2.24, 2.45) is 0 Å². The summed E-state index contributed by atoms with van der Waals surface area (Å²) in [5.41, 5.74) is 0.885. The zero-order valence-electron chi connectivity index (χ0n) is 12.9. The number of halogens is 1. The van der Waals surface area contributed by atoms with Crippen molar-refractivity contribution in [2.45, 2.75) is 6.92 Å². The molecule has 0 bridgehead atoms. The van der Waals surface area contributed by atoms with Crippen molar-refractivity contribution in [3.63, 3.8) is 0 Å². The van der Waals surface area contributed by atoms with Crippen molar-refractivity contribution in [2.75, 3.05) is 11.9 Å². The number of benzene rings is 2. The number of nitrogens with one attached hydrogen (secondary N) is 1. The average Bonchev–Trinajstić information content (AvgIpc) is 2.57. The molecule has 0 unspecified atom stereocenters. The first-order valence-corrected chi connectivity index (χ1v) is 7.56. The number of carbonyl (C=O) groups is 1. The lowest BCUT2D eigenvalue weighted by Gasteiger charge is -2.08. The van der Waals surface area contributed by atoms with Crippen molar-refractivity contribution >= 4 is 29.3 Å². The number of amides is 1. The quantitative estimate of drug-likeness (QED) is 0.635. The Morgan fingerprint density at radius 1 is 1.38 bits per heavy atom. The van der Waals surface area contributed by atoms with Crippen LogP contribution in [0.15, 0.2) is 48.0 Å². The van der Waals surface area contributed by atoms with E-state index in [4.69, 9.17) is 16.3 Å². The molecule has 2 rings (SSSR count). The van der Waals surface area contributed by atoms with E-state index < -0.39 is 5.91 Å². The molecule has 6 heteroatoms. The van der Waals surface area contributed by atoms with Crippen LogP contribution in [0.3, 0.4) is 0 Å². The number of para-hydroxylation sites is 1. The number of nitrogens with zero attached hydrogens (tertiary/aromatic N) is 1. The second-order valence-corrected chi connectivity index (χ2v) is 5.17. The summed E-state index contributed by atoms with van der Waals surface area (Å²) in [5, 5.41) is 21.9. The van der Waals surface area contributed by atoms with Gasteiger partial charge in [0.05, 0.1) is 17.3 Å². The van der Waals surface area contributed by atoms with E-state index >= 15 is 0 Å². The van der Waals surface area contributed by atoms with Crippen molar-refractivity contribution in [3.05, 3.63) is 58.6 Å². The number of hydrogen-bond donors (Lipinski definition) is 2. The summed E-state index contributed by atoms with van der Waals surface area (Å²) in [6.45, 7) is 2.18. The number of rotatable bonds is 5. The molecule has 0 aliphatic heterocycles. The average molecular weight is 343 g/mol. The van der Waals surface area contributed by atoms with Crippen LogP contribution in [0.25, 0.3) is 6.08 Å². The number of hydrogen-bond acceptors (Lipinski definition) is 4. The molecular formula is C18H15ClN2O3. The Hall–Kier alpha value is -2.97. The second-order valence-electron chi connectivity index (χ2n) is 4.76. The molecule has 2 N–H and O–H groups in total.